The molecule has 0 rings (SSSR count). The highest BCUT2D eigenvalue weighted by Gasteiger charge is 2.14. The van der Waals surface area contributed by atoms with E-state index in [1.54, 1.807) is 0 Å². The fourth-order valence-electron chi connectivity index (χ4n) is 6.35. The van der Waals surface area contributed by atoms with Crippen molar-refractivity contribution in [1.29, 1.82) is 0 Å². The Bertz CT molecular complexity index is 674. The smallest absolute Gasteiger partial charge is 0.308 e. The van der Waals surface area contributed by atoms with Crippen LogP contribution in [0.1, 0.15) is 207 Å². The topological polar surface area (TPSA) is 85.3 Å². The highest BCUT2D eigenvalue weighted by Crippen LogP contribution is 2.18. The molecule has 0 aliphatic rings. The second-order valence-electron chi connectivity index (χ2n) is 14.4. The average Bonchev–Trinajstić information content (AvgIpc) is 3.10. The molecule has 0 aliphatic heterocycles. The summed E-state index contributed by atoms with van der Waals surface area (Å²) in [6, 6.07) is 0. The lowest BCUT2D eigenvalue weighted by molar-refractivity contribution is -0.150. The molecular weight excluding hydrogens is 614 g/mol. The predicted molar refractivity (Wildman–Crippen MR) is 206 cm³/mol. The van der Waals surface area contributed by atoms with Crippen LogP contribution in [-0.4, -0.2) is 74.1 Å². The predicted octanol–water partition coefficient (Wildman–Crippen LogP) is 11.1. The lowest BCUT2D eigenvalue weighted by atomic mass is 10.0. The van der Waals surface area contributed by atoms with E-state index >= 15 is 0 Å². The number of ether oxygens (including phenoxy) is 3. The third kappa shape index (κ3) is 36.4. The van der Waals surface area contributed by atoms with Gasteiger partial charge < -0.3 is 24.2 Å². The van der Waals surface area contributed by atoms with Crippen molar-refractivity contribution in [3.8, 4) is 0 Å². The molecule has 0 saturated heterocycles. The van der Waals surface area contributed by atoms with Gasteiger partial charge in [0.25, 0.3) is 0 Å². The lowest BCUT2D eigenvalue weighted by Gasteiger charge is -2.22. The number of esters is 2. The summed E-state index contributed by atoms with van der Waals surface area (Å²) in [6.45, 7) is 10.9. The Morgan fingerprint density at radius 2 is 0.980 bits per heavy atom. The molecule has 0 heterocycles. The largest absolute Gasteiger partial charge is 0.466 e. The van der Waals surface area contributed by atoms with Crippen molar-refractivity contribution < 1.29 is 28.9 Å². The molecule has 49 heavy (non-hydrogen) atoms. The van der Waals surface area contributed by atoms with Crippen molar-refractivity contribution in [2.45, 2.75) is 213 Å². The summed E-state index contributed by atoms with van der Waals surface area (Å²) in [5, 5.41) is 9.34. The lowest BCUT2D eigenvalue weighted by Crippen LogP contribution is -2.30. The molecule has 0 spiro atoms. The van der Waals surface area contributed by atoms with E-state index in [1.165, 1.54) is 109 Å². The molecule has 0 radical (unpaired) electrons. The van der Waals surface area contributed by atoms with Crippen molar-refractivity contribution in [2.75, 3.05) is 46.1 Å². The van der Waals surface area contributed by atoms with Gasteiger partial charge in [-0.05, 0) is 57.9 Å². The molecule has 0 amide bonds. The van der Waals surface area contributed by atoms with E-state index < -0.39 is 0 Å². The summed E-state index contributed by atoms with van der Waals surface area (Å²) >= 11 is 0. The maximum atomic E-state index is 12.7. The SMILES string of the molecule is CCCCCCCCCCCOC(=O)CCOCCN(CCCO)CCCCCC(=O)OC(CCCCCCCC)CCCCCCCC. The average molecular weight is 698 g/mol. The maximum Gasteiger partial charge on any atom is 0.308 e. The number of aliphatic hydroxyl groups is 1. The molecule has 7 heteroatoms. The molecule has 292 valence electrons. The third-order valence-corrected chi connectivity index (χ3v) is 9.56. The van der Waals surface area contributed by atoms with Crippen molar-refractivity contribution >= 4 is 11.9 Å². The summed E-state index contributed by atoms with van der Waals surface area (Å²) in [5.41, 5.74) is 0. The van der Waals surface area contributed by atoms with Crippen molar-refractivity contribution in [2.24, 2.45) is 0 Å². The number of hydrogen-bond acceptors (Lipinski definition) is 7. The van der Waals surface area contributed by atoms with Gasteiger partial charge in [-0.1, -0.05) is 143 Å². The number of carbonyl (C=O) groups is 2. The van der Waals surface area contributed by atoms with Gasteiger partial charge in [0.1, 0.15) is 6.10 Å². The van der Waals surface area contributed by atoms with Crippen LogP contribution in [-0.2, 0) is 23.8 Å². The van der Waals surface area contributed by atoms with Gasteiger partial charge in [0.2, 0.25) is 0 Å². The molecule has 0 fully saturated rings. The summed E-state index contributed by atoms with van der Waals surface area (Å²) in [6.07, 6.45) is 32.9. The van der Waals surface area contributed by atoms with Crippen LogP contribution in [0.25, 0.3) is 0 Å². The Kier molecular flexibility index (Phi) is 38.6. The summed E-state index contributed by atoms with van der Waals surface area (Å²) in [5.74, 6) is -0.203. The highest BCUT2D eigenvalue weighted by molar-refractivity contribution is 5.69. The van der Waals surface area contributed by atoms with Gasteiger partial charge in [-0.2, -0.15) is 0 Å². The fraction of sp³-hybridized carbons (Fsp3) is 0.952. The zero-order chi connectivity index (χ0) is 35.9. The van der Waals surface area contributed by atoms with Gasteiger partial charge >= 0.3 is 11.9 Å². The summed E-state index contributed by atoms with van der Waals surface area (Å²) < 4.78 is 17.1. The van der Waals surface area contributed by atoms with E-state index in [2.05, 4.69) is 25.7 Å². The van der Waals surface area contributed by atoms with Gasteiger partial charge in [0.05, 0.1) is 26.2 Å². The number of nitrogens with zero attached hydrogens (tertiary/aromatic N) is 1. The Morgan fingerprint density at radius 3 is 1.53 bits per heavy atom. The van der Waals surface area contributed by atoms with E-state index in [-0.39, 0.29) is 24.6 Å². The number of hydrogen-bond donors (Lipinski definition) is 1. The number of aliphatic hydroxyl groups excluding tert-OH is 1. The van der Waals surface area contributed by atoms with Crippen LogP contribution in [0.2, 0.25) is 0 Å². The molecule has 0 aliphatic carbocycles. The zero-order valence-electron chi connectivity index (χ0n) is 33.0. The number of carbonyl (C=O) groups excluding carboxylic acids is 2. The van der Waals surface area contributed by atoms with Crippen molar-refractivity contribution in [3.05, 3.63) is 0 Å². The molecule has 0 aromatic rings. The van der Waals surface area contributed by atoms with Crippen molar-refractivity contribution in [3.63, 3.8) is 0 Å². The second kappa shape index (κ2) is 39.6. The zero-order valence-corrected chi connectivity index (χ0v) is 33.0. The summed E-state index contributed by atoms with van der Waals surface area (Å²) in [4.78, 5) is 27.1. The van der Waals surface area contributed by atoms with Gasteiger partial charge in [-0.15, -0.1) is 0 Å². The van der Waals surface area contributed by atoms with Gasteiger partial charge in [0, 0.05) is 26.1 Å². The Hall–Kier alpha value is -1.18. The molecule has 1 N–H and O–H groups in total. The molecule has 0 saturated carbocycles. The first-order chi connectivity index (χ1) is 24.1. The molecule has 0 bridgehead atoms. The summed E-state index contributed by atoms with van der Waals surface area (Å²) in [7, 11) is 0. The molecule has 0 unspecified atom stereocenters. The van der Waals surface area contributed by atoms with Gasteiger partial charge in [0.15, 0.2) is 0 Å². The van der Waals surface area contributed by atoms with Gasteiger partial charge in [-0.25, -0.2) is 0 Å². The Labute approximate surface area is 304 Å². The third-order valence-electron chi connectivity index (χ3n) is 9.56. The van der Waals surface area contributed by atoms with Gasteiger partial charge in [-0.3, -0.25) is 9.59 Å². The van der Waals surface area contributed by atoms with Crippen LogP contribution < -0.4 is 0 Å². The van der Waals surface area contributed by atoms with Crippen LogP contribution in [0.3, 0.4) is 0 Å². The van der Waals surface area contributed by atoms with E-state index in [9.17, 15) is 14.7 Å². The quantitative estimate of drug-likeness (QED) is 0.0504. The first-order valence-corrected chi connectivity index (χ1v) is 21.3. The first-order valence-electron chi connectivity index (χ1n) is 21.3. The minimum atomic E-state index is -0.175. The van der Waals surface area contributed by atoms with E-state index in [1.807, 2.05) is 0 Å². The fourth-order valence-corrected chi connectivity index (χ4v) is 6.35. The molecule has 0 atom stereocenters. The number of rotatable bonds is 40. The first kappa shape index (κ1) is 47.8. The molecule has 0 aromatic carbocycles. The highest BCUT2D eigenvalue weighted by atomic mass is 16.5. The van der Waals surface area contributed by atoms with Crippen LogP contribution in [0.4, 0.5) is 0 Å². The van der Waals surface area contributed by atoms with E-state index in [0.29, 0.717) is 32.7 Å². The standard InChI is InChI=1S/C42H83NO6/c1-4-7-10-13-16-17-18-21-27-37-48-41(45)32-38-47-39-35-43(34-28-36-44)33-26-22-25-31-42(46)49-40(29-23-19-14-11-8-5-2)30-24-20-15-12-9-6-3/h40,44H,4-39H2,1-3H3. The molecule has 7 nitrogen and oxygen atoms in total. The Morgan fingerprint density at radius 1 is 0.490 bits per heavy atom. The second-order valence-corrected chi connectivity index (χ2v) is 14.4. The maximum absolute atomic E-state index is 12.7. The van der Waals surface area contributed by atoms with E-state index in [4.69, 9.17) is 14.2 Å². The van der Waals surface area contributed by atoms with Crippen LogP contribution >= 0.6 is 0 Å². The molecular formula is C42H83NO6. The van der Waals surface area contributed by atoms with Crippen molar-refractivity contribution in [1.82, 2.24) is 4.90 Å². The molecule has 0 aromatic heterocycles. The monoisotopic (exact) mass is 698 g/mol. The number of unbranched alkanes of at least 4 members (excludes halogenated alkanes) is 20. The Balaban J connectivity index is 4.12. The minimum absolute atomic E-state index is 0.0285. The minimum Gasteiger partial charge on any atom is -0.466 e. The van der Waals surface area contributed by atoms with Crippen LogP contribution in [0.5, 0.6) is 0 Å². The van der Waals surface area contributed by atoms with Crippen LogP contribution in [0, 0.1) is 0 Å². The van der Waals surface area contributed by atoms with E-state index in [0.717, 1.165) is 83.8 Å². The normalized spacial score (nSPS) is 11.6. The van der Waals surface area contributed by atoms with Crippen LogP contribution in [0.15, 0.2) is 0 Å².